The van der Waals surface area contributed by atoms with Gasteiger partial charge in [0.05, 0.1) is 19.8 Å². The second kappa shape index (κ2) is 5.15. The molecule has 18 heavy (non-hydrogen) atoms. The van der Waals surface area contributed by atoms with Crippen molar-refractivity contribution in [3.63, 3.8) is 0 Å². The Hall–Kier alpha value is -0.650. The number of rotatable bonds is 3. The van der Waals surface area contributed by atoms with E-state index in [9.17, 15) is 5.11 Å². The fourth-order valence-corrected chi connectivity index (χ4v) is 2.59. The number of hydrogen-bond acceptors (Lipinski definition) is 4. The average Bonchev–Trinajstić information content (AvgIpc) is 2.93. The Morgan fingerprint density at radius 3 is 2.83 bits per heavy atom. The fourth-order valence-electron chi connectivity index (χ4n) is 2.40. The zero-order chi connectivity index (χ0) is 12.5. The number of halogens is 1. The van der Waals surface area contributed by atoms with Crippen LogP contribution in [0.2, 0.25) is 5.02 Å². The normalized spacial score (nSPS) is 34.8. The highest BCUT2D eigenvalue weighted by Crippen LogP contribution is 2.29. The zero-order valence-corrected chi connectivity index (χ0v) is 10.5. The first kappa shape index (κ1) is 12.4. The summed E-state index contributed by atoms with van der Waals surface area (Å²) in [6.07, 6.45) is -1.09. The number of ether oxygens (including phenoxy) is 3. The topological polar surface area (TPSA) is 47.9 Å². The van der Waals surface area contributed by atoms with Crippen LogP contribution in [0.15, 0.2) is 24.3 Å². The van der Waals surface area contributed by atoms with Crippen molar-refractivity contribution in [2.75, 3.05) is 13.2 Å². The minimum atomic E-state index is -0.538. The molecule has 2 aliphatic rings. The maximum absolute atomic E-state index is 9.62. The summed E-state index contributed by atoms with van der Waals surface area (Å²) in [7, 11) is 0. The number of benzene rings is 1. The van der Waals surface area contributed by atoms with Gasteiger partial charge in [-0.15, -0.1) is 0 Å². The summed E-state index contributed by atoms with van der Waals surface area (Å²) in [6.45, 7) is 1.20. The molecular formula is C13H15ClO4. The molecule has 0 radical (unpaired) electrons. The zero-order valence-electron chi connectivity index (χ0n) is 9.79. The minimum Gasteiger partial charge on any atom is -0.388 e. The van der Waals surface area contributed by atoms with E-state index in [1.807, 2.05) is 24.3 Å². The van der Waals surface area contributed by atoms with Gasteiger partial charge in [0, 0.05) is 5.02 Å². The third kappa shape index (κ3) is 2.27. The van der Waals surface area contributed by atoms with Crippen LogP contribution in [0.3, 0.4) is 0 Å². The summed E-state index contributed by atoms with van der Waals surface area (Å²) in [5.74, 6) is 0. The largest absolute Gasteiger partial charge is 0.388 e. The Labute approximate surface area is 110 Å². The van der Waals surface area contributed by atoms with E-state index in [2.05, 4.69) is 0 Å². The van der Waals surface area contributed by atoms with E-state index in [0.29, 0.717) is 24.8 Å². The van der Waals surface area contributed by atoms with Gasteiger partial charge in [0.25, 0.3) is 0 Å². The molecule has 0 aromatic heterocycles. The molecule has 3 rings (SSSR count). The van der Waals surface area contributed by atoms with Crippen molar-refractivity contribution >= 4 is 11.6 Å². The summed E-state index contributed by atoms with van der Waals surface area (Å²) < 4.78 is 16.8. The molecule has 98 valence electrons. The maximum Gasteiger partial charge on any atom is 0.115 e. The number of fused-ring (bicyclic) bond motifs is 1. The highest BCUT2D eigenvalue weighted by molar-refractivity contribution is 6.31. The first-order chi connectivity index (χ1) is 8.75. The molecule has 2 saturated heterocycles. The van der Waals surface area contributed by atoms with Gasteiger partial charge in [-0.05, 0) is 11.6 Å². The summed E-state index contributed by atoms with van der Waals surface area (Å²) in [6, 6.07) is 7.58. The van der Waals surface area contributed by atoms with Crippen LogP contribution in [0.1, 0.15) is 5.56 Å². The molecule has 0 aliphatic carbocycles. The van der Waals surface area contributed by atoms with Crippen LogP contribution in [0.4, 0.5) is 0 Å². The molecule has 1 aromatic carbocycles. The first-order valence-corrected chi connectivity index (χ1v) is 6.40. The van der Waals surface area contributed by atoms with Crippen LogP contribution in [0.5, 0.6) is 0 Å². The minimum absolute atomic E-state index is 0.136. The van der Waals surface area contributed by atoms with Gasteiger partial charge >= 0.3 is 0 Å². The van der Waals surface area contributed by atoms with Gasteiger partial charge in [-0.3, -0.25) is 0 Å². The second-order valence-corrected chi connectivity index (χ2v) is 5.01. The smallest absolute Gasteiger partial charge is 0.115 e. The van der Waals surface area contributed by atoms with Gasteiger partial charge in [-0.2, -0.15) is 0 Å². The van der Waals surface area contributed by atoms with Crippen molar-refractivity contribution in [2.24, 2.45) is 0 Å². The van der Waals surface area contributed by atoms with E-state index in [-0.39, 0.29) is 18.3 Å². The van der Waals surface area contributed by atoms with Gasteiger partial charge in [0.2, 0.25) is 0 Å². The van der Waals surface area contributed by atoms with Crippen molar-refractivity contribution < 1.29 is 19.3 Å². The molecule has 2 aliphatic heterocycles. The third-order valence-electron chi connectivity index (χ3n) is 3.39. The molecule has 1 N–H and O–H groups in total. The van der Waals surface area contributed by atoms with E-state index in [1.165, 1.54) is 0 Å². The van der Waals surface area contributed by atoms with Gasteiger partial charge in [0.15, 0.2) is 0 Å². The van der Waals surface area contributed by atoms with E-state index in [4.69, 9.17) is 25.8 Å². The SMILES string of the molecule is O[C@@H]1CO[C@H]2[C@@H]1OC[C@@H]2OCc1ccccc1Cl. The maximum atomic E-state index is 9.62. The van der Waals surface area contributed by atoms with Gasteiger partial charge < -0.3 is 19.3 Å². The molecule has 4 atom stereocenters. The van der Waals surface area contributed by atoms with E-state index in [1.54, 1.807) is 0 Å². The van der Waals surface area contributed by atoms with Crippen LogP contribution in [0.25, 0.3) is 0 Å². The van der Waals surface area contributed by atoms with Crippen LogP contribution >= 0.6 is 11.6 Å². The Morgan fingerprint density at radius 1 is 1.22 bits per heavy atom. The van der Waals surface area contributed by atoms with Gasteiger partial charge in [0.1, 0.15) is 24.4 Å². The Balaban J connectivity index is 1.60. The highest BCUT2D eigenvalue weighted by Gasteiger charge is 2.47. The summed E-state index contributed by atoms with van der Waals surface area (Å²) >= 11 is 6.06. The summed E-state index contributed by atoms with van der Waals surface area (Å²) in [5.41, 5.74) is 0.946. The molecule has 5 heteroatoms. The standard InChI is InChI=1S/C13H15ClO4/c14-9-4-2-1-3-8(9)5-16-11-7-18-12-10(15)6-17-13(11)12/h1-4,10-13,15H,5-7H2/t10-,11+,12-,13-/m1/s1. The average molecular weight is 271 g/mol. The van der Waals surface area contributed by atoms with Crippen molar-refractivity contribution in [1.29, 1.82) is 0 Å². The summed E-state index contributed by atoms with van der Waals surface area (Å²) in [5, 5.41) is 10.3. The Morgan fingerprint density at radius 2 is 2.00 bits per heavy atom. The Bertz CT molecular complexity index is 425. The molecule has 2 fully saturated rings. The van der Waals surface area contributed by atoms with Crippen LogP contribution in [-0.2, 0) is 20.8 Å². The molecule has 1 aromatic rings. The quantitative estimate of drug-likeness (QED) is 0.902. The van der Waals surface area contributed by atoms with Crippen LogP contribution in [-0.4, -0.2) is 42.7 Å². The second-order valence-electron chi connectivity index (χ2n) is 4.60. The lowest BCUT2D eigenvalue weighted by molar-refractivity contribution is -0.0439. The molecule has 0 saturated carbocycles. The number of aliphatic hydroxyl groups excluding tert-OH is 1. The lowest BCUT2D eigenvalue weighted by Gasteiger charge is -2.17. The summed E-state index contributed by atoms with van der Waals surface area (Å²) in [4.78, 5) is 0. The monoisotopic (exact) mass is 270 g/mol. The van der Waals surface area contributed by atoms with Crippen LogP contribution in [0, 0.1) is 0 Å². The van der Waals surface area contributed by atoms with Crippen molar-refractivity contribution in [3.05, 3.63) is 34.9 Å². The predicted octanol–water partition coefficient (Wildman–Crippen LogP) is 1.38. The predicted molar refractivity (Wildman–Crippen MR) is 65.5 cm³/mol. The molecule has 4 nitrogen and oxygen atoms in total. The molecule has 0 bridgehead atoms. The molecule has 0 amide bonds. The van der Waals surface area contributed by atoms with E-state index in [0.717, 1.165) is 5.56 Å². The van der Waals surface area contributed by atoms with Gasteiger partial charge in [-0.1, -0.05) is 29.8 Å². The van der Waals surface area contributed by atoms with Gasteiger partial charge in [-0.25, -0.2) is 0 Å². The first-order valence-electron chi connectivity index (χ1n) is 6.02. The molecule has 0 unspecified atom stereocenters. The van der Waals surface area contributed by atoms with Crippen molar-refractivity contribution in [1.82, 2.24) is 0 Å². The van der Waals surface area contributed by atoms with E-state index >= 15 is 0 Å². The fraction of sp³-hybridized carbons (Fsp3) is 0.538. The Kier molecular flexibility index (Phi) is 3.54. The van der Waals surface area contributed by atoms with Crippen LogP contribution < -0.4 is 0 Å². The molecule has 0 spiro atoms. The third-order valence-corrected chi connectivity index (χ3v) is 3.76. The lowest BCUT2D eigenvalue weighted by atomic mass is 10.1. The molecular weight excluding hydrogens is 256 g/mol. The lowest BCUT2D eigenvalue weighted by Crippen LogP contribution is -2.32. The van der Waals surface area contributed by atoms with Crippen molar-refractivity contribution in [2.45, 2.75) is 31.0 Å². The van der Waals surface area contributed by atoms with E-state index < -0.39 is 6.10 Å². The number of aliphatic hydroxyl groups is 1. The number of hydrogen-bond donors (Lipinski definition) is 1. The highest BCUT2D eigenvalue weighted by atomic mass is 35.5. The van der Waals surface area contributed by atoms with Crippen molar-refractivity contribution in [3.8, 4) is 0 Å². The molecule has 2 heterocycles.